The molecule has 6 heteroatoms. The van der Waals surface area contributed by atoms with Gasteiger partial charge < -0.3 is 10.2 Å². The fourth-order valence-corrected chi connectivity index (χ4v) is 3.58. The lowest BCUT2D eigenvalue weighted by Crippen LogP contribution is -2.30. The van der Waals surface area contributed by atoms with Crippen LogP contribution < -0.4 is 5.32 Å². The third-order valence-corrected chi connectivity index (χ3v) is 5.03. The molecule has 1 saturated heterocycles. The van der Waals surface area contributed by atoms with Crippen molar-refractivity contribution in [3.63, 3.8) is 0 Å². The summed E-state index contributed by atoms with van der Waals surface area (Å²) in [7, 11) is 0. The van der Waals surface area contributed by atoms with Crippen molar-refractivity contribution in [1.82, 2.24) is 19.9 Å². The zero-order valence-corrected chi connectivity index (χ0v) is 14.3. The van der Waals surface area contributed by atoms with Gasteiger partial charge in [0.1, 0.15) is 5.82 Å². The van der Waals surface area contributed by atoms with E-state index in [2.05, 4.69) is 10.3 Å². The molecule has 6 nitrogen and oxygen atoms in total. The number of fused-ring (bicyclic) bond motifs is 1. The van der Waals surface area contributed by atoms with Gasteiger partial charge in [0, 0.05) is 42.4 Å². The molecule has 1 aromatic carbocycles. The average Bonchev–Trinajstić information content (AvgIpc) is 3.45. The van der Waals surface area contributed by atoms with Gasteiger partial charge in [0.05, 0.1) is 11.6 Å². The lowest BCUT2D eigenvalue weighted by molar-refractivity contribution is -0.128. The van der Waals surface area contributed by atoms with E-state index < -0.39 is 0 Å². The Kier molecular flexibility index (Phi) is 3.55. The predicted molar refractivity (Wildman–Crippen MR) is 99.5 cm³/mol. The van der Waals surface area contributed by atoms with Crippen molar-refractivity contribution in [3.05, 3.63) is 48.8 Å². The molecule has 1 atom stereocenters. The number of nitrogens with zero attached hydrogens (tertiary/aromatic N) is 4. The Hall–Kier alpha value is -3.02. The first kappa shape index (κ1) is 15.3. The maximum atomic E-state index is 12.3. The fraction of sp³-hybridized carbons (Fsp3) is 0.300. The van der Waals surface area contributed by atoms with Gasteiger partial charge in [-0.25, -0.2) is 9.97 Å². The van der Waals surface area contributed by atoms with Crippen LogP contribution >= 0.6 is 0 Å². The highest BCUT2D eigenvalue weighted by Gasteiger charge is 2.39. The molecule has 130 valence electrons. The largest absolute Gasteiger partial charge is 0.364 e. The maximum absolute atomic E-state index is 12.3. The molecule has 2 aromatic heterocycles. The van der Waals surface area contributed by atoms with E-state index in [0.29, 0.717) is 18.3 Å². The van der Waals surface area contributed by atoms with Crippen molar-refractivity contribution in [1.29, 1.82) is 0 Å². The van der Waals surface area contributed by atoms with Crippen LogP contribution in [0.5, 0.6) is 0 Å². The average molecular weight is 345 g/mol. The minimum absolute atomic E-state index is 0.0895. The molecule has 0 bridgehead atoms. The zero-order valence-electron chi connectivity index (χ0n) is 14.3. The number of para-hydroxylation sites is 1. The Balaban J connectivity index is 1.51. The number of benzene rings is 1. The minimum Gasteiger partial charge on any atom is -0.364 e. The summed E-state index contributed by atoms with van der Waals surface area (Å²) in [6.45, 7) is 0.756. The molecule has 26 heavy (non-hydrogen) atoms. The van der Waals surface area contributed by atoms with Gasteiger partial charge in [-0.3, -0.25) is 9.78 Å². The molecule has 2 aliphatic rings. The molecule has 1 saturated carbocycles. The zero-order chi connectivity index (χ0) is 17.5. The van der Waals surface area contributed by atoms with Gasteiger partial charge in [0.2, 0.25) is 5.91 Å². The van der Waals surface area contributed by atoms with E-state index in [4.69, 9.17) is 9.97 Å². The van der Waals surface area contributed by atoms with E-state index in [9.17, 15) is 4.79 Å². The van der Waals surface area contributed by atoms with Crippen molar-refractivity contribution >= 4 is 22.6 Å². The highest BCUT2D eigenvalue weighted by atomic mass is 16.2. The van der Waals surface area contributed by atoms with Crippen LogP contribution in [0.1, 0.15) is 19.3 Å². The number of carbonyl (C=O) groups is 1. The van der Waals surface area contributed by atoms with E-state index in [1.165, 1.54) is 0 Å². The van der Waals surface area contributed by atoms with Crippen LogP contribution in [0.2, 0.25) is 0 Å². The van der Waals surface area contributed by atoms with Gasteiger partial charge in [-0.2, -0.15) is 0 Å². The molecular formula is C20H19N5O. The topological polar surface area (TPSA) is 71.0 Å². The number of rotatable bonds is 4. The Morgan fingerprint density at radius 3 is 2.65 bits per heavy atom. The van der Waals surface area contributed by atoms with E-state index >= 15 is 0 Å². The third kappa shape index (κ3) is 2.77. The lowest BCUT2D eigenvalue weighted by atomic mass is 10.2. The maximum Gasteiger partial charge on any atom is 0.225 e. The molecule has 1 unspecified atom stereocenters. The van der Waals surface area contributed by atoms with Gasteiger partial charge in [0.15, 0.2) is 5.82 Å². The Morgan fingerprint density at radius 2 is 1.85 bits per heavy atom. The van der Waals surface area contributed by atoms with Crippen molar-refractivity contribution in [2.24, 2.45) is 0 Å². The summed E-state index contributed by atoms with van der Waals surface area (Å²) in [5.41, 5.74) is 1.82. The van der Waals surface area contributed by atoms with E-state index in [0.717, 1.165) is 41.7 Å². The van der Waals surface area contributed by atoms with Crippen LogP contribution in [0.3, 0.4) is 0 Å². The van der Waals surface area contributed by atoms with Gasteiger partial charge in [-0.05, 0) is 37.1 Å². The summed E-state index contributed by atoms with van der Waals surface area (Å²) in [5, 5.41) is 4.48. The predicted octanol–water partition coefficient (Wildman–Crippen LogP) is 2.87. The molecule has 2 fully saturated rings. The summed E-state index contributed by atoms with van der Waals surface area (Å²) in [6, 6.07) is 12.3. The molecule has 1 aliphatic heterocycles. The molecule has 0 spiro atoms. The number of amides is 1. The first-order valence-corrected chi connectivity index (χ1v) is 9.01. The summed E-state index contributed by atoms with van der Waals surface area (Å²) in [6.07, 6.45) is 6.29. The van der Waals surface area contributed by atoms with E-state index in [1.807, 2.05) is 41.3 Å². The highest BCUT2D eigenvalue weighted by Crippen LogP contribution is 2.32. The molecule has 5 rings (SSSR count). The Morgan fingerprint density at radius 1 is 1.04 bits per heavy atom. The van der Waals surface area contributed by atoms with Crippen LogP contribution in [-0.2, 0) is 4.79 Å². The number of carbonyl (C=O) groups excluding carboxylic acids is 1. The summed E-state index contributed by atoms with van der Waals surface area (Å²) >= 11 is 0. The third-order valence-electron chi connectivity index (χ3n) is 5.03. The quantitative estimate of drug-likeness (QED) is 0.787. The van der Waals surface area contributed by atoms with Crippen LogP contribution in [0.15, 0.2) is 48.8 Å². The first-order chi connectivity index (χ1) is 12.8. The number of pyridine rings is 1. The van der Waals surface area contributed by atoms with Gasteiger partial charge >= 0.3 is 0 Å². The second-order valence-electron chi connectivity index (χ2n) is 6.97. The smallest absolute Gasteiger partial charge is 0.225 e. The number of hydrogen-bond acceptors (Lipinski definition) is 5. The van der Waals surface area contributed by atoms with Crippen LogP contribution in [0.25, 0.3) is 22.3 Å². The van der Waals surface area contributed by atoms with Gasteiger partial charge in [-0.15, -0.1) is 0 Å². The van der Waals surface area contributed by atoms with Crippen molar-refractivity contribution in [2.45, 2.75) is 31.3 Å². The second-order valence-corrected chi connectivity index (χ2v) is 6.97. The summed E-state index contributed by atoms with van der Waals surface area (Å²) < 4.78 is 0. The molecule has 1 aliphatic carbocycles. The van der Waals surface area contributed by atoms with E-state index in [1.54, 1.807) is 12.4 Å². The number of anilines is 1. The van der Waals surface area contributed by atoms with Gasteiger partial charge in [0.25, 0.3) is 0 Å². The van der Waals surface area contributed by atoms with E-state index in [-0.39, 0.29) is 11.9 Å². The van der Waals surface area contributed by atoms with Crippen LogP contribution in [0.4, 0.5) is 5.82 Å². The SMILES string of the molecule is O=C1CC(Nc2nc(-c3ccncc3)nc3ccccc23)CN1C1CC1. The monoisotopic (exact) mass is 345 g/mol. The van der Waals surface area contributed by atoms with Gasteiger partial charge in [-0.1, -0.05) is 12.1 Å². The lowest BCUT2D eigenvalue weighted by Gasteiger charge is -2.17. The first-order valence-electron chi connectivity index (χ1n) is 9.01. The van der Waals surface area contributed by atoms with Crippen LogP contribution in [-0.4, -0.2) is 44.4 Å². The minimum atomic E-state index is 0.0895. The molecule has 3 heterocycles. The molecule has 0 radical (unpaired) electrons. The van der Waals surface area contributed by atoms with Crippen molar-refractivity contribution in [2.75, 3.05) is 11.9 Å². The molecular weight excluding hydrogens is 326 g/mol. The summed E-state index contributed by atoms with van der Waals surface area (Å²) in [5.74, 6) is 1.70. The number of nitrogens with one attached hydrogen (secondary N) is 1. The number of aromatic nitrogens is 3. The van der Waals surface area contributed by atoms with Crippen molar-refractivity contribution in [3.8, 4) is 11.4 Å². The number of likely N-dealkylation sites (tertiary alicyclic amines) is 1. The molecule has 1 N–H and O–H groups in total. The molecule has 3 aromatic rings. The molecule has 1 amide bonds. The normalized spacial score (nSPS) is 19.9. The fourth-order valence-electron chi connectivity index (χ4n) is 3.58. The standard InChI is InChI=1S/C20H19N5O/c26-18-11-14(12-25(18)15-5-6-15)22-20-16-3-1-2-4-17(16)23-19(24-20)13-7-9-21-10-8-13/h1-4,7-10,14-15H,5-6,11-12H2,(H,22,23,24). The van der Waals surface area contributed by atoms with Crippen LogP contribution in [0, 0.1) is 0 Å². The Bertz CT molecular complexity index is 970. The number of hydrogen-bond donors (Lipinski definition) is 1. The summed E-state index contributed by atoms with van der Waals surface area (Å²) in [4.78, 5) is 27.8. The second kappa shape index (κ2) is 6.05. The van der Waals surface area contributed by atoms with Crippen molar-refractivity contribution < 1.29 is 4.79 Å². The highest BCUT2D eigenvalue weighted by molar-refractivity contribution is 5.91. The Labute approximate surface area is 151 Å².